The molecule has 1 saturated heterocycles. The highest BCUT2D eigenvalue weighted by Crippen LogP contribution is 2.36. The van der Waals surface area contributed by atoms with Gasteiger partial charge in [0.15, 0.2) is 9.84 Å². The van der Waals surface area contributed by atoms with Crippen molar-refractivity contribution in [3.63, 3.8) is 0 Å². The van der Waals surface area contributed by atoms with Crippen LogP contribution in [0.4, 0.5) is 0 Å². The third kappa shape index (κ3) is 3.88. The van der Waals surface area contributed by atoms with Gasteiger partial charge in [0.2, 0.25) is 0 Å². The Morgan fingerprint density at radius 1 is 1.40 bits per heavy atom. The third-order valence-corrected chi connectivity index (χ3v) is 6.02. The van der Waals surface area contributed by atoms with Gasteiger partial charge in [-0.1, -0.05) is 30.1 Å². The first-order valence-corrected chi connectivity index (χ1v) is 9.39. The summed E-state index contributed by atoms with van der Waals surface area (Å²) in [5.74, 6) is 0.541. The van der Waals surface area contributed by atoms with Crippen LogP contribution in [0.5, 0.6) is 0 Å². The van der Waals surface area contributed by atoms with Gasteiger partial charge in [0.05, 0.1) is 11.5 Å². The van der Waals surface area contributed by atoms with Crippen molar-refractivity contribution in [2.24, 2.45) is 5.92 Å². The van der Waals surface area contributed by atoms with E-state index < -0.39 is 9.84 Å². The van der Waals surface area contributed by atoms with Gasteiger partial charge in [0.1, 0.15) is 0 Å². The maximum absolute atomic E-state index is 11.7. The molecule has 2 rings (SSSR count). The van der Waals surface area contributed by atoms with Crippen molar-refractivity contribution in [2.75, 3.05) is 18.1 Å². The molecule has 0 aromatic heterocycles. The molecule has 1 aromatic carbocycles. The summed E-state index contributed by atoms with van der Waals surface area (Å²) in [5.41, 5.74) is 0.898. The van der Waals surface area contributed by atoms with E-state index in [0.717, 1.165) is 18.5 Å². The summed E-state index contributed by atoms with van der Waals surface area (Å²) in [6.07, 6.45) is 1.65. The lowest BCUT2D eigenvalue weighted by Crippen LogP contribution is -2.30. The maximum Gasteiger partial charge on any atom is 0.150 e. The molecule has 2 atom stereocenters. The monoisotopic (exact) mass is 335 g/mol. The molecular weight excluding hydrogens is 317 g/mol. The Morgan fingerprint density at radius 3 is 2.75 bits per heavy atom. The fraction of sp³-hybridized carbons (Fsp3) is 0.571. The summed E-state index contributed by atoms with van der Waals surface area (Å²) in [6, 6.07) is 5.29. The SMILES string of the molecule is CCCNC(c1cc(Cl)ccc1Cl)C1CCS(=O)(=O)C1. The van der Waals surface area contributed by atoms with E-state index in [9.17, 15) is 8.42 Å². The lowest BCUT2D eigenvalue weighted by molar-refractivity contribution is 0.393. The number of benzene rings is 1. The molecule has 1 N–H and O–H groups in total. The second kappa shape index (κ2) is 6.65. The van der Waals surface area contributed by atoms with Crippen molar-refractivity contribution in [1.82, 2.24) is 5.32 Å². The smallest absolute Gasteiger partial charge is 0.150 e. The Labute approximate surface area is 130 Å². The van der Waals surface area contributed by atoms with Gasteiger partial charge in [0, 0.05) is 16.1 Å². The maximum atomic E-state index is 11.7. The minimum Gasteiger partial charge on any atom is -0.310 e. The fourth-order valence-corrected chi connectivity index (χ4v) is 4.93. The summed E-state index contributed by atoms with van der Waals surface area (Å²) >= 11 is 12.3. The van der Waals surface area contributed by atoms with Gasteiger partial charge in [-0.05, 0) is 49.1 Å². The average molecular weight is 336 g/mol. The van der Waals surface area contributed by atoms with Crippen LogP contribution in [0.25, 0.3) is 0 Å². The van der Waals surface area contributed by atoms with Crippen LogP contribution >= 0.6 is 23.2 Å². The Hall–Kier alpha value is -0.290. The van der Waals surface area contributed by atoms with Crippen molar-refractivity contribution in [1.29, 1.82) is 0 Å². The van der Waals surface area contributed by atoms with E-state index in [2.05, 4.69) is 12.2 Å². The average Bonchev–Trinajstić information content (AvgIpc) is 2.74. The van der Waals surface area contributed by atoms with Crippen molar-refractivity contribution in [3.05, 3.63) is 33.8 Å². The Bertz CT molecular complexity index is 575. The van der Waals surface area contributed by atoms with Crippen LogP contribution < -0.4 is 5.32 Å². The third-order valence-electron chi connectivity index (χ3n) is 3.65. The van der Waals surface area contributed by atoms with E-state index in [1.54, 1.807) is 12.1 Å². The van der Waals surface area contributed by atoms with E-state index in [-0.39, 0.29) is 23.5 Å². The van der Waals surface area contributed by atoms with Gasteiger partial charge in [-0.25, -0.2) is 8.42 Å². The standard InChI is InChI=1S/C14H19Cl2NO2S/c1-2-6-17-14(10-5-7-20(18,19)9-10)12-8-11(15)3-4-13(12)16/h3-4,8,10,14,17H,2,5-7,9H2,1H3. The first-order valence-electron chi connectivity index (χ1n) is 6.81. The van der Waals surface area contributed by atoms with Gasteiger partial charge in [-0.3, -0.25) is 0 Å². The molecule has 1 heterocycles. The van der Waals surface area contributed by atoms with Gasteiger partial charge in [-0.15, -0.1) is 0 Å². The topological polar surface area (TPSA) is 46.2 Å². The highest BCUT2D eigenvalue weighted by molar-refractivity contribution is 7.91. The molecule has 3 nitrogen and oxygen atoms in total. The van der Waals surface area contributed by atoms with Crippen LogP contribution in [0.2, 0.25) is 10.0 Å². The molecular formula is C14H19Cl2NO2S. The molecule has 0 saturated carbocycles. The van der Waals surface area contributed by atoms with Crippen LogP contribution in [0.3, 0.4) is 0 Å². The molecule has 1 aliphatic heterocycles. The molecule has 0 amide bonds. The quantitative estimate of drug-likeness (QED) is 0.896. The molecule has 2 unspecified atom stereocenters. The molecule has 0 radical (unpaired) electrons. The lowest BCUT2D eigenvalue weighted by atomic mass is 9.92. The molecule has 112 valence electrons. The molecule has 20 heavy (non-hydrogen) atoms. The number of hydrogen-bond donors (Lipinski definition) is 1. The van der Waals surface area contributed by atoms with E-state index in [1.165, 1.54) is 0 Å². The molecule has 0 spiro atoms. The molecule has 1 aromatic rings. The summed E-state index contributed by atoms with van der Waals surface area (Å²) in [6.45, 7) is 2.90. The predicted octanol–water partition coefficient (Wildman–Crippen LogP) is 3.47. The van der Waals surface area contributed by atoms with Gasteiger partial charge in [-0.2, -0.15) is 0 Å². The first-order chi connectivity index (χ1) is 9.43. The molecule has 0 aliphatic carbocycles. The Morgan fingerprint density at radius 2 is 2.15 bits per heavy atom. The molecule has 1 aliphatic rings. The molecule has 6 heteroatoms. The van der Waals surface area contributed by atoms with E-state index in [4.69, 9.17) is 23.2 Å². The summed E-state index contributed by atoms with van der Waals surface area (Å²) < 4.78 is 23.4. The minimum atomic E-state index is -2.91. The zero-order valence-electron chi connectivity index (χ0n) is 11.4. The van der Waals surface area contributed by atoms with Crippen molar-refractivity contribution in [2.45, 2.75) is 25.8 Å². The van der Waals surface area contributed by atoms with Crippen LogP contribution in [0, 0.1) is 5.92 Å². The molecule has 1 fully saturated rings. The lowest BCUT2D eigenvalue weighted by Gasteiger charge is -2.25. The number of nitrogens with one attached hydrogen (secondary N) is 1. The van der Waals surface area contributed by atoms with Gasteiger partial charge < -0.3 is 5.32 Å². The fourth-order valence-electron chi connectivity index (χ4n) is 2.67. The van der Waals surface area contributed by atoms with Crippen LogP contribution in [0.15, 0.2) is 18.2 Å². The molecule has 0 bridgehead atoms. The van der Waals surface area contributed by atoms with Gasteiger partial charge in [0.25, 0.3) is 0 Å². The van der Waals surface area contributed by atoms with Crippen LogP contribution in [0.1, 0.15) is 31.4 Å². The zero-order chi connectivity index (χ0) is 14.8. The number of rotatable bonds is 5. The Kier molecular flexibility index (Phi) is 5.35. The normalized spacial score (nSPS) is 22.9. The van der Waals surface area contributed by atoms with Crippen molar-refractivity contribution < 1.29 is 8.42 Å². The van der Waals surface area contributed by atoms with Gasteiger partial charge >= 0.3 is 0 Å². The largest absolute Gasteiger partial charge is 0.310 e. The van der Waals surface area contributed by atoms with Crippen molar-refractivity contribution >= 4 is 33.0 Å². The first kappa shape index (κ1) is 16.1. The predicted molar refractivity (Wildman–Crippen MR) is 84.3 cm³/mol. The highest BCUT2D eigenvalue weighted by Gasteiger charge is 2.35. The number of halogens is 2. The second-order valence-electron chi connectivity index (χ2n) is 5.26. The highest BCUT2D eigenvalue weighted by atomic mass is 35.5. The van der Waals surface area contributed by atoms with Crippen LogP contribution in [-0.4, -0.2) is 26.5 Å². The second-order valence-corrected chi connectivity index (χ2v) is 8.33. The summed E-state index contributed by atoms with van der Waals surface area (Å²) in [5, 5.41) is 4.68. The summed E-state index contributed by atoms with van der Waals surface area (Å²) in [7, 11) is -2.91. The minimum absolute atomic E-state index is 0.0570. The zero-order valence-corrected chi connectivity index (χ0v) is 13.7. The van der Waals surface area contributed by atoms with Crippen LogP contribution in [-0.2, 0) is 9.84 Å². The van der Waals surface area contributed by atoms with E-state index in [0.29, 0.717) is 16.5 Å². The van der Waals surface area contributed by atoms with E-state index >= 15 is 0 Å². The number of hydrogen-bond acceptors (Lipinski definition) is 3. The van der Waals surface area contributed by atoms with Crippen molar-refractivity contribution in [3.8, 4) is 0 Å². The summed E-state index contributed by atoms with van der Waals surface area (Å²) in [4.78, 5) is 0. The van der Waals surface area contributed by atoms with E-state index in [1.807, 2.05) is 6.07 Å². The number of sulfone groups is 1. The Balaban J connectivity index is 2.30.